The van der Waals surface area contributed by atoms with Crippen molar-refractivity contribution in [1.82, 2.24) is 0 Å². The minimum atomic E-state index is -1.07. The van der Waals surface area contributed by atoms with Crippen LogP contribution in [0.1, 0.15) is 148 Å². The van der Waals surface area contributed by atoms with E-state index in [1.165, 1.54) is 89.9 Å². The van der Waals surface area contributed by atoms with Crippen LogP contribution in [0.2, 0.25) is 0 Å². The highest BCUT2D eigenvalue weighted by molar-refractivity contribution is 5.66. The fourth-order valence-corrected chi connectivity index (χ4v) is 5.36. The molecule has 0 aliphatic heterocycles. The van der Waals surface area contributed by atoms with Gasteiger partial charge in [0.1, 0.15) is 0 Å². The van der Waals surface area contributed by atoms with Crippen LogP contribution in [0.25, 0.3) is 0 Å². The number of carboxylic acids is 3. The van der Waals surface area contributed by atoms with Gasteiger partial charge in [0.2, 0.25) is 0 Å². The van der Waals surface area contributed by atoms with E-state index in [0.29, 0.717) is 43.4 Å². The summed E-state index contributed by atoms with van der Waals surface area (Å²) in [6.07, 6.45) is 22.5. The summed E-state index contributed by atoms with van der Waals surface area (Å²) in [4.78, 5) is 33.0. The molecule has 0 fully saturated rings. The third-order valence-electron chi connectivity index (χ3n) is 7.55. The number of hydrogen-bond donors (Lipinski definition) is 2. The van der Waals surface area contributed by atoms with E-state index in [9.17, 15) is 19.5 Å². The molecule has 7 nitrogen and oxygen atoms in total. The molecule has 7 heteroatoms. The van der Waals surface area contributed by atoms with Gasteiger partial charge in [-0.1, -0.05) is 96.8 Å². The van der Waals surface area contributed by atoms with Crippen LogP contribution < -0.4 is 5.11 Å². The number of quaternary nitrogens is 1. The molecule has 0 atom stereocenters. The van der Waals surface area contributed by atoms with Crippen molar-refractivity contribution in [2.75, 3.05) is 26.2 Å². The maximum Gasteiger partial charge on any atom is 0.303 e. The maximum absolute atomic E-state index is 11.0. The van der Waals surface area contributed by atoms with E-state index in [1.54, 1.807) is 0 Å². The molecule has 0 radical (unpaired) electrons. The van der Waals surface area contributed by atoms with Crippen molar-refractivity contribution >= 4 is 17.9 Å². The molecule has 0 aliphatic carbocycles. The Hall–Kier alpha value is -1.63. The highest BCUT2D eigenvalue weighted by Gasteiger charge is 2.26. The van der Waals surface area contributed by atoms with E-state index in [0.717, 1.165) is 19.4 Å². The van der Waals surface area contributed by atoms with Gasteiger partial charge in [0.05, 0.1) is 39.0 Å². The Morgan fingerprint density at radius 3 is 1.11 bits per heavy atom. The van der Waals surface area contributed by atoms with Crippen LogP contribution in [0.15, 0.2) is 0 Å². The second-order valence-corrected chi connectivity index (χ2v) is 11.0. The summed E-state index contributed by atoms with van der Waals surface area (Å²) in [5.41, 5.74) is 0. The first kappa shape index (κ1) is 35.4. The van der Waals surface area contributed by atoms with Gasteiger partial charge in [0, 0.05) is 25.2 Å². The largest absolute Gasteiger partial charge is 0.550 e. The van der Waals surface area contributed by atoms with Crippen LogP contribution in [0.3, 0.4) is 0 Å². The zero-order chi connectivity index (χ0) is 27.6. The summed E-state index contributed by atoms with van der Waals surface area (Å²) in [5.74, 6) is -2.74. The lowest BCUT2D eigenvalue weighted by Crippen LogP contribution is -2.51. The Morgan fingerprint density at radius 2 is 0.784 bits per heavy atom. The van der Waals surface area contributed by atoms with Crippen molar-refractivity contribution in [2.45, 2.75) is 148 Å². The average Bonchev–Trinajstić information content (AvgIpc) is 2.83. The average molecular weight is 528 g/mol. The minimum absolute atomic E-state index is 0.0170. The normalized spacial score (nSPS) is 11.6. The molecule has 2 N–H and O–H groups in total. The molecule has 0 amide bonds. The Kier molecular flexibility index (Phi) is 23.6. The van der Waals surface area contributed by atoms with Gasteiger partial charge in [-0.15, -0.1) is 0 Å². The number of nitrogens with zero attached hydrogens (tertiary/aromatic N) is 1. The Balaban J connectivity index is 4.23. The third kappa shape index (κ3) is 24.5. The predicted molar refractivity (Wildman–Crippen MR) is 147 cm³/mol. The summed E-state index contributed by atoms with van der Waals surface area (Å²) in [6.45, 7) is 5.04. The fourth-order valence-electron chi connectivity index (χ4n) is 5.36. The first-order chi connectivity index (χ1) is 17.8. The number of unbranched alkanes of at least 4 members (excludes halogenated alkanes) is 15. The Bertz CT molecular complexity index is 530. The van der Waals surface area contributed by atoms with Crippen LogP contribution in [0, 0.1) is 0 Å². The van der Waals surface area contributed by atoms with Gasteiger partial charge in [-0.2, -0.15) is 0 Å². The van der Waals surface area contributed by atoms with Crippen LogP contribution in [-0.2, 0) is 14.4 Å². The lowest BCUT2D eigenvalue weighted by Gasteiger charge is -2.39. The second kappa shape index (κ2) is 24.7. The van der Waals surface area contributed by atoms with Gasteiger partial charge in [-0.3, -0.25) is 9.59 Å². The summed E-state index contributed by atoms with van der Waals surface area (Å²) >= 11 is 0. The van der Waals surface area contributed by atoms with Gasteiger partial charge in [-0.05, 0) is 19.3 Å². The summed E-state index contributed by atoms with van der Waals surface area (Å²) in [5, 5.41) is 29.1. The molecule has 0 rings (SSSR count). The van der Waals surface area contributed by atoms with Gasteiger partial charge >= 0.3 is 11.9 Å². The van der Waals surface area contributed by atoms with E-state index in [-0.39, 0.29) is 19.3 Å². The van der Waals surface area contributed by atoms with E-state index in [1.807, 2.05) is 0 Å². The lowest BCUT2D eigenvalue weighted by molar-refractivity contribution is -0.929. The highest BCUT2D eigenvalue weighted by Crippen LogP contribution is 2.19. The number of carboxylic acid groups (broad SMARTS) is 3. The highest BCUT2D eigenvalue weighted by atomic mass is 16.4. The smallest absolute Gasteiger partial charge is 0.303 e. The maximum atomic E-state index is 11.0. The minimum Gasteiger partial charge on any atom is -0.550 e. The van der Waals surface area contributed by atoms with Crippen molar-refractivity contribution in [3.05, 3.63) is 0 Å². The van der Waals surface area contributed by atoms with Crippen molar-refractivity contribution in [1.29, 1.82) is 0 Å². The predicted octanol–water partition coefficient (Wildman–Crippen LogP) is 6.32. The number of rotatable bonds is 29. The zero-order valence-corrected chi connectivity index (χ0v) is 23.9. The first-order valence-corrected chi connectivity index (χ1v) is 15.3. The van der Waals surface area contributed by atoms with Crippen LogP contribution in [-0.4, -0.2) is 58.8 Å². The Labute approximate surface area is 226 Å². The summed E-state index contributed by atoms with van der Waals surface area (Å²) in [7, 11) is 0. The van der Waals surface area contributed by atoms with E-state index in [2.05, 4.69) is 6.92 Å². The van der Waals surface area contributed by atoms with Crippen molar-refractivity contribution < 1.29 is 34.2 Å². The lowest BCUT2D eigenvalue weighted by atomic mass is 10.0. The molecule has 0 aromatic rings. The molecule has 0 aromatic carbocycles. The van der Waals surface area contributed by atoms with E-state index >= 15 is 0 Å². The number of carbonyl (C=O) groups excluding carboxylic acids is 1. The molecular formula is C30H57NO6. The van der Waals surface area contributed by atoms with Crippen LogP contribution >= 0.6 is 0 Å². The zero-order valence-electron chi connectivity index (χ0n) is 23.9. The van der Waals surface area contributed by atoms with Crippen LogP contribution in [0.4, 0.5) is 0 Å². The third-order valence-corrected chi connectivity index (χ3v) is 7.55. The monoisotopic (exact) mass is 527 g/mol. The summed E-state index contributed by atoms with van der Waals surface area (Å²) in [6, 6.07) is 0. The number of hydrogen-bond acceptors (Lipinski definition) is 4. The quantitative estimate of drug-likeness (QED) is 0.0868. The fraction of sp³-hybridized carbons (Fsp3) is 0.900. The Morgan fingerprint density at radius 1 is 0.486 bits per heavy atom. The van der Waals surface area contributed by atoms with Gasteiger partial charge < -0.3 is 24.6 Å². The van der Waals surface area contributed by atoms with Crippen molar-refractivity contribution in [2.24, 2.45) is 0 Å². The molecule has 0 aliphatic rings. The van der Waals surface area contributed by atoms with Gasteiger partial charge in [-0.25, -0.2) is 0 Å². The molecule has 0 spiro atoms. The van der Waals surface area contributed by atoms with Gasteiger partial charge in [0.25, 0.3) is 0 Å². The topological polar surface area (TPSA) is 115 Å². The van der Waals surface area contributed by atoms with E-state index in [4.69, 9.17) is 10.2 Å². The molecule has 0 saturated heterocycles. The molecule has 37 heavy (non-hydrogen) atoms. The molecule has 0 aromatic heterocycles. The second-order valence-electron chi connectivity index (χ2n) is 11.0. The molecule has 0 heterocycles. The molecular weight excluding hydrogens is 470 g/mol. The van der Waals surface area contributed by atoms with Crippen molar-refractivity contribution in [3.8, 4) is 0 Å². The standard InChI is InChI=1S/C30H57NO6/c1-2-3-4-5-6-7-8-9-10-11-12-13-14-15-16-17-24-31(25-18-21-28(32)33,26-19-22-29(34)35)27-20-23-30(36)37/h2-27H2,1H3,(H2-,32,33,34,35,36,37). The number of carbonyl (C=O) groups is 3. The molecule has 0 unspecified atom stereocenters. The SMILES string of the molecule is CCCCCCCCCCCCCCCCCC[N+](CCCC(=O)[O-])(CCCC(=O)O)CCCC(=O)O. The van der Waals surface area contributed by atoms with E-state index < -0.39 is 17.9 Å². The van der Waals surface area contributed by atoms with Gasteiger partial charge in [0.15, 0.2) is 0 Å². The van der Waals surface area contributed by atoms with Crippen molar-refractivity contribution in [3.63, 3.8) is 0 Å². The first-order valence-electron chi connectivity index (χ1n) is 15.3. The molecule has 0 saturated carbocycles. The summed E-state index contributed by atoms with van der Waals surface area (Å²) < 4.78 is 0.618. The number of aliphatic carboxylic acids is 3. The molecule has 0 bridgehead atoms. The molecule has 218 valence electrons. The van der Waals surface area contributed by atoms with Crippen LogP contribution in [0.5, 0.6) is 0 Å².